The molecule has 0 N–H and O–H groups in total. The molecule has 86 valence electrons. The summed E-state index contributed by atoms with van der Waals surface area (Å²) >= 11 is 0. The van der Waals surface area contributed by atoms with Gasteiger partial charge in [0.2, 0.25) is 5.91 Å². The van der Waals surface area contributed by atoms with E-state index in [1.54, 1.807) is 5.01 Å². The maximum atomic E-state index is 11.7. The molecule has 1 fully saturated rings. The Morgan fingerprint density at radius 3 is 2.94 bits per heavy atom. The molecule has 3 nitrogen and oxygen atoms in total. The Balaban J connectivity index is 1.83. The van der Waals surface area contributed by atoms with E-state index in [1.165, 1.54) is 12.8 Å². The van der Waals surface area contributed by atoms with Crippen LogP contribution in [0.15, 0.2) is 5.10 Å². The number of hydrogen-bond donors (Lipinski definition) is 0. The number of terminal acetylenes is 1. The van der Waals surface area contributed by atoms with Gasteiger partial charge in [0.1, 0.15) is 0 Å². The number of carbonyl (C=O) groups is 1. The molecule has 16 heavy (non-hydrogen) atoms. The first-order valence-corrected chi connectivity index (χ1v) is 5.99. The van der Waals surface area contributed by atoms with Gasteiger partial charge in [-0.15, -0.1) is 12.3 Å². The molecule has 0 aromatic carbocycles. The van der Waals surface area contributed by atoms with Crippen molar-refractivity contribution in [3.05, 3.63) is 0 Å². The summed E-state index contributed by atoms with van der Waals surface area (Å²) in [5, 5.41) is 6.01. The molecule has 0 bridgehead atoms. The summed E-state index contributed by atoms with van der Waals surface area (Å²) < 4.78 is 0. The molecule has 0 spiro atoms. The van der Waals surface area contributed by atoms with Crippen molar-refractivity contribution >= 4 is 11.6 Å². The Labute approximate surface area is 96.9 Å². The van der Waals surface area contributed by atoms with Crippen molar-refractivity contribution in [2.75, 3.05) is 6.54 Å². The molecular formula is C13H18N2O. The predicted molar refractivity (Wildman–Crippen MR) is 63.7 cm³/mol. The number of hydrogen-bond acceptors (Lipinski definition) is 2. The maximum Gasteiger partial charge on any atom is 0.248 e. The normalized spacial score (nSPS) is 28.6. The van der Waals surface area contributed by atoms with Crippen molar-refractivity contribution in [2.24, 2.45) is 16.9 Å². The lowest BCUT2D eigenvalue weighted by atomic mass is 9.76. The number of nitrogens with zero attached hydrogens (tertiary/aromatic N) is 2. The molecular weight excluding hydrogens is 200 g/mol. The average Bonchev–Trinajstić information content (AvgIpc) is 2.54. The lowest BCUT2D eigenvalue weighted by Gasteiger charge is -2.34. The Morgan fingerprint density at radius 2 is 2.31 bits per heavy atom. The van der Waals surface area contributed by atoms with E-state index in [4.69, 9.17) is 6.42 Å². The average molecular weight is 218 g/mol. The summed E-state index contributed by atoms with van der Waals surface area (Å²) in [4.78, 5) is 11.7. The van der Waals surface area contributed by atoms with Gasteiger partial charge < -0.3 is 0 Å². The van der Waals surface area contributed by atoms with E-state index in [1.807, 2.05) is 0 Å². The molecule has 1 aliphatic heterocycles. The van der Waals surface area contributed by atoms with Crippen LogP contribution in [-0.4, -0.2) is 23.2 Å². The smallest absolute Gasteiger partial charge is 0.248 e. The predicted octanol–water partition coefficient (Wildman–Crippen LogP) is 2.03. The van der Waals surface area contributed by atoms with E-state index in [9.17, 15) is 4.79 Å². The van der Waals surface area contributed by atoms with Crippen molar-refractivity contribution in [2.45, 2.75) is 39.0 Å². The first kappa shape index (κ1) is 11.2. The molecule has 1 amide bonds. The van der Waals surface area contributed by atoms with Crippen molar-refractivity contribution < 1.29 is 4.79 Å². The molecule has 2 rings (SSSR count). The zero-order chi connectivity index (χ0) is 11.5. The Hall–Kier alpha value is -1.30. The summed E-state index contributed by atoms with van der Waals surface area (Å²) in [6, 6.07) is 0. The summed E-state index contributed by atoms with van der Waals surface area (Å²) in [6.45, 7) is 3.06. The van der Waals surface area contributed by atoms with Gasteiger partial charge >= 0.3 is 0 Å². The summed E-state index contributed by atoms with van der Waals surface area (Å²) in [7, 11) is 0. The number of carbonyl (C=O) groups excluding carboxylic acids is 1. The first-order chi connectivity index (χ1) is 7.69. The molecule has 2 aliphatic rings. The third kappa shape index (κ3) is 2.44. The van der Waals surface area contributed by atoms with Crippen molar-refractivity contribution in [3.8, 4) is 12.3 Å². The highest BCUT2D eigenvalue weighted by Gasteiger charge is 2.31. The van der Waals surface area contributed by atoms with E-state index in [-0.39, 0.29) is 5.91 Å². The van der Waals surface area contributed by atoms with Crippen LogP contribution < -0.4 is 0 Å². The second kappa shape index (κ2) is 4.69. The van der Waals surface area contributed by atoms with Crippen LogP contribution in [0, 0.1) is 24.2 Å². The summed E-state index contributed by atoms with van der Waals surface area (Å²) in [5.41, 5.74) is 0.954. The third-order valence-electron chi connectivity index (χ3n) is 3.37. The minimum Gasteiger partial charge on any atom is -0.273 e. The van der Waals surface area contributed by atoms with E-state index in [2.05, 4.69) is 17.9 Å². The van der Waals surface area contributed by atoms with Crippen molar-refractivity contribution in [3.63, 3.8) is 0 Å². The van der Waals surface area contributed by atoms with E-state index >= 15 is 0 Å². The number of amides is 1. The minimum absolute atomic E-state index is 0.145. The first-order valence-electron chi connectivity index (χ1n) is 5.99. The molecule has 0 saturated heterocycles. The highest BCUT2D eigenvalue weighted by molar-refractivity contribution is 6.04. The van der Waals surface area contributed by atoms with Gasteiger partial charge in [0.15, 0.2) is 0 Å². The molecule has 1 heterocycles. The lowest BCUT2D eigenvalue weighted by Crippen LogP contribution is -2.34. The second-order valence-electron chi connectivity index (χ2n) is 4.97. The summed E-state index contributed by atoms with van der Waals surface area (Å²) in [5.74, 6) is 4.22. The standard InChI is InChI=1S/C13H18N2O/c1-3-4-5-12-8-13(16)15(14-12)9-11-6-10(2)7-11/h1,10-11H,4-9H2,2H3. The van der Waals surface area contributed by atoms with Gasteiger partial charge in [-0.05, 0) is 31.1 Å². The maximum absolute atomic E-state index is 11.7. The second-order valence-corrected chi connectivity index (χ2v) is 4.97. The monoisotopic (exact) mass is 218 g/mol. The molecule has 0 aromatic heterocycles. The highest BCUT2D eigenvalue weighted by Crippen LogP contribution is 2.34. The number of hydrazone groups is 1. The van der Waals surface area contributed by atoms with Gasteiger partial charge in [0, 0.05) is 18.7 Å². The largest absolute Gasteiger partial charge is 0.273 e. The van der Waals surface area contributed by atoms with Crippen molar-refractivity contribution in [1.82, 2.24) is 5.01 Å². The molecule has 0 atom stereocenters. The van der Waals surface area contributed by atoms with Gasteiger partial charge in [-0.2, -0.15) is 5.10 Å². The molecule has 1 saturated carbocycles. The van der Waals surface area contributed by atoms with Crippen LogP contribution in [0.3, 0.4) is 0 Å². The van der Waals surface area contributed by atoms with Gasteiger partial charge in [0.25, 0.3) is 0 Å². The van der Waals surface area contributed by atoms with Gasteiger partial charge in [-0.25, -0.2) is 5.01 Å². The SMILES string of the molecule is C#CCCC1=NN(CC2CC(C)C2)C(=O)C1. The fraction of sp³-hybridized carbons (Fsp3) is 0.692. The Kier molecular flexibility index (Phi) is 3.28. The fourth-order valence-corrected chi connectivity index (χ4v) is 2.49. The molecule has 0 radical (unpaired) electrons. The van der Waals surface area contributed by atoms with Crippen LogP contribution in [0.2, 0.25) is 0 Å². The molecule has 3 heteroatoms. The third-order valence-corrected chi connectivity index (χ3v) is 3.37. The minimum atomic E-state index is 0.145. The quantitative estimate of drug-likeness (QED) is 0.664. The Bertz CT molecular complexity index is 347. The van der Waals surface area contributed by atoms with Crippen LogP contribution in [0.5, 0.6) is 0 Å². The summed E-state index contributed by atoms with van der Waals surface area (Å²) in [6.07, 6.45) is 9.59. The van der Waals surface area contributed by atoms with Crippen LogP contribution in [0.4, 0.5) is 0 Å². The van der Waals surface area contributed by atoms with E-state index in [0.29, 0.717) is 18.8 Å². The fourth-order valence-electron chi connectivity index (χ4n) is 2.49. The topological polar surface area (TPSA) is 32.7 Å². The van der Waals surface area contributed by atoms with Gasteiger partial charge in [-0.3, -0.25) is 4.79 Å². The highest BCUT2D eigenvalue weighted by atomic mass is 16.2. The lowest BCUT2D eigenvalue weighted by molar-refractivity contribution is -0.129. The van der Waals surface area contributed by atoms with Crippen LogP contribution in [0.25, 0.3) is 0 Å². The van der Waals surface area contributed by atoms with E-state index in [0.717, 1.165) is 24.6 Å². The zero-order valence-corrected chi connectivity index (χ0v) is 9.78. The van der Waals surface area contributed by atoms with Crippen LogP contribution >= 0.6 is 0 Å². The van der Waals surface area contributed by atoms with Crippen molar-refractivity contribution in [1.29, 1.82) is 0 Å². The van der Waals surface area contributed by atoms with Gasteiger partial charge in [0.05, 0.1) is 6.42 Å². The van der Waals surface area contributed by atoms with Gasteiger partial charge in [-0.1, -0.05) is 6.92 Å². The Morgan fingerprint density at radius 1 is 1.56 bits per heavy atom. The molecule has 0 aromatic rings. The van der Waals surface area contributed by atoms with Crippen LogP contribution in [0.1, 0.15) is 39.0 Å². The molecule has 0 unspecified atom stereocenters. The molecule has 1 aliphatic carbocycles. The van der Waals surface area contributed by atoms with Crippen LogP contribution in [-0.2, 0) is 4.79 Å². The zero-order valence-electron chi connectivity index (χ0n) is 9.78. The number of rotatable bonds is 4. The van der Waals surface area contributed by atoms with E-state index < -0.39 is 0 Å².